The van der Waals surface area contributed by atoms with Crippen LogP contribution < -0.4 is 11.5 Å². The molecule has 0 spiro atoms. The predicted molar refractivity (Wildman–Crippen MR) is 78.1 cm³/mol. The minimum atomic E-state index is 0.559. The van der Waals surface area contributed by atoms with Gasteiger partial charge in [0.2, 0.25) is 0 Å². The van der Waals surface area contributed by atoms with Gasteiger partial charge in [0.15, 0.2) is 0 Å². The van der Waals surface area contributed by atoms with Gasteiger partial charge in [0.25, 0.3) is 0 Å². The van der Waals surface area contributed by atoms with E-state index in [4.69, 9.17) is 11.5 Å². The Morgan fingerprint density at radius 2 is 1.06 bits per heavy atom. The van der Waals surface area contributed by atoms with Crippen molar-refractivity contribution in [2.24, 2.45) is 17.4 Å². The van der Waals surface area contributed by atoms with Crippen LogP contribution in [-0.4, -0.2) is 13.1 Å². The van der Waals surface area contributed by atoms with Crippen LogP contribution in [0, 0.1) is 5.92 Å². The molecule has 0 aromatic heterocycles. The van der Waals surface area contributed by atoms with Crippen molar-refractivity contribution in [1.82, 2.24) is 0 Å². The summed E-state index contributed by atoms with van der Waals surface area (Å²) in [6.07, 6.45) is 15.2. The number of hydrogen-bond donors (Lipinski definition) is 2. The fourth-order valence-electron chi connectivity index (χ4n) is 2.25. The van der Waals surface area contributed by atoms with E-state index in [0.29, 0.717) is 5.92 Å². The topological polar surface area (TPSA) is 52.0 Å². The first-order valence-corrected chi connectivity index (χ1v) is 7.75. The van der Waals surface area contributed by atoms with Crippen LogP contribution in [0.25, 0.3) is 0 Å². The quantitative estimate of drug-likeness (QED) is 0.482. The van der Waals surface area contributed by atoms with Crippen molar-refractivity contribution >= 4 is 0 Å². The Kier molecular flexibility index (Phi) is 13.9. The smallest absolute Gasteiger partial charge is 0.00368 e. The van der Waals surface area contributed by atoms with Crippen LogP contribution in [0.2, 0.25) is 0 Å². The Morgan fingerprint density at radius 3 is 1.47 bits per heavy atom. The van der Waals surface area contributed by atoms with Gasteiger partial charge in [-0.25, -0.2) is 0 Å². The first-order valence-electron chi connectivity index (χ1n) is 7.75. The van der Waals surface area contributed by atoms with Crippen molar-refractivity contribution < 1.29 is 0 Å². The van der Waals surface area contributed by atoms with Crippen LogP contribution in [0.5, 0.6) is 0 Å². The Hall–Kier alpha value is -0.0800. The first kappa shape index (κ1) is 16.9. The molecule has 0 rings (SSSR count). The first-order chi connectivity index (χ1) is 8.35. The lowest BCUT2D eigenvalue weighted by molar-refractivity contribution is 0.464. The Bertz CT molecular complexity index is 133. The van der Waals surface area contributed by atoms with E-state index in [1.54, 1.807) is 0 Å². The molecule has 0 saturated carbocycles. The number of nitrogens with two attached hydrogens (primary N) is 2. The van der Waals surface area contributed by atoms with E-state index < -0.39 is 0 Å². The number of rotatable bonds is 13. The molecule has 0 aliphatic heterocycles. The second-order valence-electron chi connectivity index (χ2n) is 5.31. The van der Waals surface area contributed by atoms with Gasteiger partial charge >= 0.3 is 0 Å². The molecule has 4 N–H and O–H groups in total. The molecular formula is C15H34N2. The lowest BCUT2D eigenvalue weighted by Gasteiger charge is -2.11. The van der Waals surface area contributed by atoms with Gasteiger partial charge in [-0.05, 0) is 25.4 Å². The fraction of sp³-hybridized carbons (Fsp3) is 1.00. The molecule has 2 heteroatoms. The molecule has 0 unspecified atom stereocenters. The van der Waals surface area contributed by atoms with Gasteiger partial charge in [-0.2, -0.15) is 0 Å². The molecule has 0 aliphatic carbocycles. The largest absolute Gasteiger partial charge is 0.330 e. The molecule has 0 atom stereocenters. The molecular weight excluding hydrogens is 208 g/mol. The van der Waals surface area contributed by atoms with Crippen LogP contribution in [0.15, 0.2) is 0 Å². The third-order valence-corrected chi connectivity index (χ3v) is 3.63. The fourth-order valence-corrected chi connectivity index (χ4v) is 2.25. The molecule has 0 fully saturated rings. The van der Waals surface area contributed by atoms with Crippen LogP contribution in [0.1, 0.15) is 77.6 Å². The zero-order valence-electron chi connectivity index (χ0n) is 11.9. The van der Waals surface area contributed by atoms with E-state index in [1.165, 1.54) is 70.6 Å². The van der Waals surface area contributed by atoms with Gasteiger partial charge in [-0.15, -0.1) is 0 Å². The minimum Gasteiger partial charge on any atom is -0.330 e. The summed E-state index contributed by atoms with van der Waals surface area (Å²) >= 11 is 0. The van der Waals surface area contributed by atoms with Crippen molar-refractivity contribution in [1.29, 1.82) is 0 Å². The molecule has 104 valence electrons. The van der Waals surface area contributed by atoms with E-state index in [9.17, 15) is 0 Å². The highest BCUT2D eigenvalue weighted by Crippen LogP contribution is 2.13. The standard InChI is InChI=1S/C15H34N2/c1-2-3-4-5-6-7-8-9-10-11-12-15(13-16)14-17/h15H,2-14,16-17H2,1H3. The van der Waals surface area contributed by atoms with E-state index in [0.717, 1.165) is 13.1 Å². The lowest BCUT2D eigenvalue weighted by Crippen LogP contribution is -2.22. The monoisotopic (exact) mass is 242 g/mol. The maximum atomic E-state index is 5.62. The van der Waals surface area contributed by atoms with E-state index in [2.05, 4.69) is 6.92 Å². The van der Waals surface area contributed by atoms with Gasteiger partial charge in [0.1, 0.15) is 0 Å². The molecule has 0 bridgehead atoms. The SMILES string of the molecule is CCCCCCCCCCCCC(CN)CN. The number of unbranched alkanes of at least 4 members (excludes halogenated alkanes) is 9. The second-order valence-corrected chi connectivity index (χ2v) is 5.31. The Balaban J connectivity index is 3.03. The second kappa shape index (κ2) is 14.0. The summed E-state index contributed by atoms with van der Waals surface area (Å²) < 4.78 is 0. The summed E-state index contributed by atoms with van der Waals surface area (Å²) in [7, 11) is 0. The maximum absolute atomic E-state index is 5.62. The van der Waals surface area contributed by atoms with Crippen molar-refractivity contribution in [3.8, 4) is 0 Å². The maximum Gasteiger partial charge on any atom is -0.00368 e. The van der Waals surface area contributed by atoms with Gasteiger partial charge in [-0.3, -0.25) is 0 Å². The van der Waals surface area contributed by atoms with Gasteiger partial charge < -0.3 is 11.5 Å². The average molecular weight is 242 g/mol. The van der Waals surface area contributed by atoms with Crippen molar-refractivity contribution in [3.63, 3.8) is 0 Å². The zero-order valence-corrected chi connectivity index (χ0v) is 11.9. The third-order valence-electron chi connectivity index (χ3n) is 3.63. The molecule has 0 heterocycles. The van der Waals surface area contributed by atoms with Gasteiger partial charge in [0.05, 0.1) is 0 Å². The molecule has 0 aromatic rings. The van der Waals surface area contributed by atoms with Crippen molar-refractivity contribution in [3.05, 3.63) is 0 Å². The molecule has 2 nitrogen and oxygen atoms in total. The van der Waals surface area contributed by atoms with E-state index in [-0.39, 0.29) is 0 Å². The van der Waals surface area contributed by atoms with Crippen molar-refractivity contribution in [2.75, 3.05) is 13.1 Å². The summed E-state index contributed by atoms with van der Waals surface area (Å²) in [5.41, 5.74) is 11.2. The lowest BCUT2D eigenvalue weighted by atomic mass is 10.00. The van der Waals surface area contributed by atoms with Gasteiger partial charge in [-0.1, -0.05) is 71.1 Å². The predicted octanol–water partition coefficient (Wildman–Crippen LogP) is 3.83. The molecule has 0 aliphatic rings. The van der Waals surface area contributed by atoms with Crippen LogP contribution in [0.4, 0.5) is 0 Å². The van der Waals surface area contributed by atoms with Crippen LogP contribution in [-0.2, 0) is 0 Å². The zero-order chi connectivity index (χ0) is 12.8. The average Bonchev–Trinajstić information content (AvgIpc) is 2.36. The molecule has 0 amide bonds. The normalized spacial score (nSPS) is 11.3. The highest BCUT2D eigenvalue weighted by atomic mass is 14.6. The summed E-state index contributed by atoms with van der Waals surface area (Å²) in [6.45, 7) is 3.79. The van der Waals surface area contributed by atoms with Crippen molar-refractivity contribution in [2.45, 2.75) is 77.6 Å². The highest BCUT2D eigenvalue weighted by Gasteiger charge is 2.02. The summed E-state index contributed by atoms with van der Waals surface area (Å²) in [6, 6.07) is 0. The minimum absolute atomic E-state index is 0.559. The third kappa shape index (κ3) is 12.2. The highest BCUT2D eigenvalue weighted by molar-refractivity contribution is 4.60. The molecule has 0 saturated heterocycles. The summed E-state index contributed by atoms with van der Waals surface area (Å²) in [5, 5.41) is 0. The van der Waals surface area contributed by atoms with Crippen LogP contribution in [0.3, 0.4) is 0 Å². The van der Waals surface area contributed by atoms with E-state index in [1.807, 2.05) is 0 Å². The Labute approximate surface area is 109 Å². The van der Waals surface area contributed by atoms with E-state index >= 15 is 0 Å². The molecule has 17 heavy (non-hydrogen) atoms. The Morgan fingerprint density at radius 1 is 0.647 bits per heavy atom. The summed E-state index contributed by atoms with van der Waals surface area (Å²) in [4.78, 5) is 0. The summed E-state index contributed by atoms with van der Waals surface area (Å²) in [5.74, 6) is 0.559. The molecule has 0 radical (unpaired) electrons. The molecule has 0 aromatic carbocycles. The number of hydrogen-bond acceptors (Lipinski definition) is 2. The van der Waals surface area contributed by atoms with Crippen LogP contribution >= 0.6 is 0 Å². The van der Waals surface area contributed by atoms with Gasteiger partial charge in [0, 0.05) is 0 Å².